The maximum absolute atomic E-state index is 12.1. The molecule has 0 N–H and O–H groups in total. The highest BCUT2D eigenvalue weighted by Gasteiger charge is 2.11. The number of hydrogen-bond donors (Lipinski definition) is 0. The summed E-state index contributed by atoms with van der Waals surface area (Å²) < 4.78 is 23.0. The van der Waals surface area contributed by atoms with Gasteiger partial charge in [0, 0.05) is 4.53 Å². The van der Waals surface area contributed by atoms with Crippen LogP contribution in [-0.2, 0) is 9.74 Å². The van der Waals surface area contributed by atoms with Crippen LogP contribution < -0.4 is 0 Å². The van der Waals surface area contributed by atoms with Gasteiger partial charge in [-0.25, -0.2) is 9.18 Å². The van der Waals surface area contributed by atoms with Gasteiger partial charge in [-0.1, -0.05) is 6.92 Å². The molecule has 0 fully saturated rings. The Hall–Kier alpha value is -0.670. The fourth-order valence-corrected chi connectivity index (χ4v) is 0.357. The van der Waals surface area contributed by atoms with Gasteiger partial charge in [0.05, 0.1) is 6.42 Å². The van der Waals surface area contributed by atoms with Crippen LogP contribution in [0.1, 0.15) is 19.8 Å². The fraction of sp³-hybridized carbons (Fsp3) is 0.800. The van der Waals surface area contributed by atoms with E-state index in [1.807, 2.05) is 0 Å². The minimum atomic E-state index is -1.28. The minimum absolute atomic E-state index is 0.203. The molecule has 1 atom stereocenters. The Morgan fingerprint density at radius 1 is 1.78 bits per heavy atom. The Bertz CT molecular complexity index is 95.0. The van der Waals surface area contributed by atoms with Crippen molar-refractivity contribution in [3.63, 3.8) is 0 Å². The van der Waals surface area contributed by atoms with Gasteiger partial charge in [0.1, 0.15) is 6.17 Å². The molecular weight excluding hydrogens is 130 g/mol. The molecule has 0 aromatic rings. The molecule has 0 spiro atoms. The van der Waals surface area contributed by atoms with E-state index in [0.29, 0.717) is 0 Å². The molecule has 1 unspecified atom stereocenters. The van der Waals surface area contributed by atoms with Crippen LogP contribution in [0.25, 0.3) is 0 Å². The van der Waals surface area contributed by atoms with Crippen molar-refractivity contribution in [3.05, 3.63) is 0 Å². The molecule has 0 aromatic carbocycles. The topological polar surface area (TPSA) is 26.3 Å². The zero-order valence-corrected chi connectivity index (χ0v) is 5.06. The third-order valence-electron chi connectivity index (χ3n) is 0.917. The largest absolute Gasteiger partial charge is 0.351 e. The Morgan fingerprint density at radius 2 is 2.33 bits per heavy atom. The normalized spacial score (nSPS) is 12.8. The van der Waals surface area contributed by atoms with Gasteiger partial charge in [-0.15, -0.1) is 0 Å². The number of carbonyl (C=O) groups is 1. The van der Waals surface area contributed by atoms with Crippen LogP contribution >= 0.6 is 0 Å². The zero-order valence-electron chi connectivity index (χ0n) is 5.06. The summed E-state index contributed by atoms with van der Waals surface area (Å²) in [5.41, 5.74) is 0. The van der Waals surface area contributed by atoms with Crippen LogP contribution in [0, 0.1) is 0 Å². The van der Waals surface area contributed by atoms with Crippen LogP contribution in [0.2, 0.25) is 0 Å². The van der Waals surface area contributed by atoms with Gasteiger partial charge >= 0.3 is 5.97 Å². The molecule has 0 aromatic heterocycles. The summed E-state index contributed by atoms with van der Waals surface area (Å²) in [5.74, 6) is -1.15. The van der Waals surface area contributed by atoms with Crippen molar-refractivity contribution >= 4 is 5.97 Å². The van der Waals surface area contributed by atoms with E-state index in [0.717, 1.165) is 0 Å². The van der Waals surface area contributed by atoms with E-state index in [9.17, 15) is 13.7 Å². The van der Waals surface area contributed by atoms with Crippen LogP contribution in [0.5, 0.6) is 0 Å². The van der Waals surface area contributed by atoms with Crippen molar-refractivity contribution in [2.24, 2.45) is 0 Å². The van der Waals surface area contributed by atoms with Crippen molar-refractivity contribution in [2.75, 3.05) is 0 Å². The molecule has 54 valence electrons. The summed E-state index contributed by atoms with van der Waals surface area (Å²) in [6.07, 6.45) is -1.57. The predicted molar refractivity (Wildman–Crippen MR) is 27.0 cm³/mol. The summed E-state index contributed by atoms with van der Waals surface area (Å²) in [4.78, 5) is 12.7. The third kappa shape index (κ3) is 3.88. The number of rotatable bonds is 3. The highest BCUT2D eigenvalue weighted by molar-refractivity contribution is 5.69. The lowest BCUT2D eigenvalue weighted by Crippen LogP contribution is -2.07. The molecule has 0 radical (unpaired) electrons. The molecule has 0 rings (SSSR count). The molecule has 0 saturated carbocycles. The van der Waals surface area contributed by atoms with Gasteiger partial charge in [-0.2, -0.15) is 0 Å². The van der Waals surface area contributed by atoms with E-state index < -0.39 is 18.6 Å². The van der Waals surface area contributed by atoms with E-state index in [1.165, 1.54) is 0 Å². The van der Waals surface area contributed by atoms with Crippen LogP contribution in [0.3, 0.4) is 0 Å². The van der Waals surface area contributed by atoms with Crippen molar-refractivity contribution in [1.29, 1.82) is 0 Å². The summed E-state index contributed by atoms with van der Waals surface area (Å²) >= 11 is 0. The maximum atomic E-state index is 12.1. The average molecular weight is 138 g/mol. The Balaban J connectivity index is 3.34. The van der Waals surface area contributed by atoms with E-state index in [-0.39, 0.29) is 6.42 Å². The first-order valence-corrected chi connectivity index (χ1v) is 2.66. The summed E-state index contributed by atoms with van der Waals surface area (Å²) in [6.45, 7) is 1.57. The van der Waals surface area contributed by atoms with Crippen molar-refractivity contribution in [2.45, 2.75) is 25.9 Å². The summed E-state index contributed by atoms with van der Waals surface area (Å²) in [6, 6.07) is 0. The van der Waals surface area contributed by atoms with Gasteiger partial charge in [-0.3, -0.25) is 4.94 Å². The standard InChI is InChI=1S/C5H8F2O2/c1-2-4(6)3-5(8)9-7/h4H,2-3H2,1H3. The monoisotopic (exact) mass is 138 g/mol. The number of hydrogen-bond acceptors (Lipinski definition) is 2. The molecule has 4 heteroatoms. The first-order valence-electron chi connectivity index (χ1n) is 2.66. The van der Waals surface area contributed by atoms with Crippen molar-refractivity contribution < 1.29 is 18.7 Å². The van der Waals surface area contributed by atoms with Gasteiger partial charge < -0.3 is 0 Å². The highest BCUT2D eigenvalue weighted by atomic mass is 19.3. The smallest absolute Gasteiger partial charge is 0.255 e. The van der Waals surface area contributed by atoms with Gasteiger partial charge in [0.15, 0.2) is 0 Å². The molecule has 0 saturated heterocycles. The SMILES string of the molecule is CCC(F)CC(=O)OF. The van der Waals surface area contributed by atoms with Crippen LogP contribution in [0.15, 0.2) is 0 Å². The van der Waals surface area contributed by atoms with Crippen molar-refractivity contribution in [1.82, 2.24) is 0 Å². The van der Waals surface area contributed by atoms with E-state index in [2.05, 4.69) is 4.94 Å². The Labute approximate surface area is 51.7 Å². The first kappa shape index (κ1) is 8.33. The van der Waals surface area contributed by atoms with E-state index in [1.54, 1.807) is 6.92 Å². The van der Waals surface area contributed by atoms with Crippen LogP contribution in [0.4, 0.5) is 8.92 Å². The third-order valence-corrected chi connectivity index (χ3v) is 0.917. The van der Waals surface area contributed by atoms with Crippen molar-refractivity contribution in [3.8, 4) is 0 Å². The molecular formula is C5H8F2O2. The fourth-order valence-electron chi connectivity index (χ4n) is 0.357. The molecule has 0 bridgehead atoms. The molecule has 0 aliphatic rings. The quantitative estimate of drug-likeness (QED) is 0.591. The highest BCUT2D eigenvalue weighted by Crippen LogP contribution is 2.03. The second-order valence-corrected chi connectivity index (χ2v) is 1.66. The maximum Gasteiger partial charge on any atom is 0.351 e. The Kier molecular flexibility index (Phi) is 3.92. The lowest BCUT2D eigenvalue weighted by atomic mass is 10.2. The molecule has 0 aliphatic carbocycles. The predicted octanol–water partition coefficient (Wildman–Crippen LogP) is 1.55. The minimum Gasteiger partial charge on any atom is -0.255 e. The van der Waals surface area contributed by atoms with Crippen LogP contribution in [-0.4, -0.2) is 12.1 Å². The Morgan fingerprint density at radius 3 is 2.67 bits per heavy atom. The molecule has 9 heavy (non-hydrogen) atoms. The lowest BCUT2D eigenvalue weighted by molar-refractivity contribution is -0.184. The molecule has 0 aliphatic heterocycles. The van der Waals surface area contributed by atoms with E-state index in [4.69, 9.17) is 0 Å². The van der Waals surface area contributed by atoms with Gasteiger partial charge in [-0.05, 0) is 6.42 Å². The van der Waals surface area contributed by atoms with Gasteiger partial charge in [0.2, 0.25) is 0 Å². The number of halogens is 2. The lowest BCUT2D eigenvalue weighted by Gasteiger charge is -1.98. The molecule has 0 amide bonds. The van der Waals surface area contributed by atoms with E-state index >= 15 is 0 Å². The zero-order chi connectivity index (χ0) is 7.28. The number of carbonyl (C=O) groups excluding carboxylic acids is 1. The molecule has 0 heterocycles. The summed E-state index contributed by atoms with van der Waals surface area (Å²) in [5, 5.41) is 0. The first-order chi connectivity index (χ1) is 4.20. The second-order valence-electron chi connectivity index (χ2n) is 1.66. The second kappa shape index (κ2) is 4.23. The average Bonchev–Trinajstić information content (AvgIpc) is 1.87. The summed E-state index contributed by atoms with van der Waals surface area (Å²) in [7, 11) is 0. The molecule has 2 nitrogen and oxygen atoms in total. The van der Waals surface area contributed by atoms with Gasteiger partial charge in [0.25, 0.3) is 0 Å². The number of alkyl halides is 1.